The second-order valence-electron chi connectivity index (χ2n) is 5.23. The van der Waals surface area contributed by atoms with Crippen LogP contribution >= 0.6 is 12.4 Å². The Morgan fingerprint density at radius 3 is 2.65 bits per heavy atom. The van der Waals surface area contributed by atoms with Gasteiger partial charge in [-0.1, -0.05) is 0 Å². The molecule has 2 atom stereocenters. The van der Waals surface area contributed by atoms with E-state index in [2.05, 4.69) is 15.1 Å². The summed E-state index contributed by atoms with van der Waals surface area (Å²) < 4.78 is 41.6. The zero-order valence-electron chi connectivity index (χ0n) is 12.2. The van der Waals surface area contributed by atoms with E-state index in [1.54, 1.807) is 35.3 Å². The Kier molecular flexibility index (Phi) is 5.74. The third-order valence-corrected chi connectivity index (χ3v) is 5.04. The van der Waals surface area contributed by atoms with E-state index in [0.717, 1.165) is 5.69 Å². The Morgan fingerprint density at radius 1 is 1.35 bits per heavy atom. The maximum atomic E-state index is 13.0. The lowest BCUT2D eigenvalue weighted by molar-refractivity contribution is 0.355. The summed E-state index contributed by atoms with van der Waals surface area (Å²) in [7, 11) is -3.59. The highest BCUT2D eigenvalue weighted by Crippen LogP contribution is 2.14. The van der Waals surface area contributed by atoms with Crippen LogP contribution in [-0.2, 0) is 10.0 Å². The second-order valence-corrected chi connectivity index (χ2v) is 7.00. The van der Waals surface area contributed by atoms with Crippen LogP contribution in [0.2, 0.25) is 0 Å². The van der Waals surface area contributed by atoms with Crippen molar-refractivity contribution in [2.45, 2.75) is 23.5 Å². The SMILES string of the molecule is Cl.O=S(=O)(NC[C@@H]1C[C@H](F)CN1)c1ccc(-n2cccn2)cc1. The van der Waals surface area contributed by atoms with E-state index < -0.39 is 16.2 Å². The van der Waals surface area contributed by atoms with Gasteiger partial charge in [0.25, 0.3) is 0 Å². The highest BCUT2D eigenvalue weighted by atomic mass is 35.5. The molecule has 0 aliphatic carbocycles. The highest BCUT2D eigenvalue weighted by molar-refractivity contribution is 7.89. The van der Waals surface area contributed by atoms with Crippen LogP contribution in [0.5, 0.6) is 0 Å². The lowest BCUT2D eigenvalue weighted by Gasteiger charge is -2.12. The maximum absolute atomic E-state index is 13.0. The number of nitrogens with zero attached hydrogens (tertiary/aromatic N) is 2. The van der Waals surface area contributed by atoms with Crippen LogP contribution in [0, 0.1) is 0 Å². The Morgan fingerprint density at radius 2 is 2.09 bits per heavy atom. The highest BCUT2D eigenvalue weighted by Gasteiger charge is 2.25. The fraction of sp³-hybridized carbons (Fsp3) is 0.357. The largest absolute Gasteiger partial charge is 0.310 e. The minimum Gasteiger partial charge on any atom is -0.310 e. The summed E-state index contributed by atoms with van der Waals surface area (Å²) in [4.78, 5) is 0.179. The molecule has 1 aromatic heterocycles. The molecule has 0 radical (unpaired) electrons. The van der Waals surface area contributed by atoms with E-state index in [0.29, 0.717) is 6.42 Å². The van der Waals surface area contributed by atoms with Gasteiger partial charge in [-0.05, 0) is 36.8 Å². The quantitative estimate of drug-likeness (QED) is 0.842. The molecule has 3 rings (SSSR count). The third kappa shape index (κ3) is 4.29. The molecule has 2 N–H and O–H groups in total. The maximum Gasteiger partial charge on any atom is 0.240 e. The van der Waals surface area contributed by atoms with Gasteiger partial charge in [-0.3, -0.25) is 0 Å². The fourth-order valence-electron chi connectivity index (χ4n) is 2.42. The standard InChI is InChI=1S/C14H17FN4O2S.ClH/c15-11-8-12(16-9-11)10-18-22(20,21)14-4-2-13(3-5-14)19-7-1-6-17-19;/h1-7,11-12,16,18H,8-10H2;1H/t11-,12-;/m0./s1. The molecule has 1 fully saturated rings. The molecule has 0 unspecified atom stereocenters. The van der Waals surface area contributed by atoms with Crippen molar-refractivity contribution in [2.24, 2.45) is 0 Å². The Hall–Kier alpha value is -1.48. The molecule has 0 bridgehead atoms. The predicted octanol–water partition coefficient (Wildman–Crippen LogP) is 1.27. The number of sulfonamides is 1. The van der Waals surface area contributed by atoms with Crippen molar-refractivity contribution in [2.75, 3.05) is 13.1 Å². The molecular weight excluding hydrogens is 343 g/mol. The molecule has 0 saturated carbocycles. The Bertz CT molecular complexity index is 722. The number of hydrogen-bond donors (Lipinski definition) is 2. The average molecular weight is 361 g/mol. The number of halogens is 2. The van der Waals surface area contributed by atoms with E-state index in [1.807, 2.05) is 0 Å². The molecule has 23 heavy (non-hydrogen) atoms. The van der Waals surface area contributed by atoms with E-state index in [9.17, 15) is 12.8 Å². The van der Waals surface area contributed by atoms with Gasteiger partial charge in [0.05, 0.1) is 10.6 Å². The molecular formula is C14H18ClFN4O2S. The minimum atomic E-state index is -3.59. The fourth-order valence-corrected chi connectivity index (χ4v) is 3.50. The van der Waals surface area contributed by atoms with E-state index in [4.69, 9.17) is 0 Å². The van der Waals surface area contributed by atoms with Crippen LogP contribution in [0.25, 0.3) is 5.69 Å². The molecule has 2 heterocycles. The molecule has 0 spiro atoms. The van der Waals surface area contributed by atoms with E-state index in [-0.39, 0.29) is 36.4 Å². The minimum absolute atomic E-state index is 0. The number of benzene rings is 1. The Balaban J connectivity index is 0.00000192. The first-order valence-electron chi connectivity index (χ1n) is 7.02. The average Bonchev–Trinajstić information content (AvgIpc) is 3.17. The zero-order valence-corrected chi connectivity index (χ0v) is 13.9. The van der Waals surface area contributed by atoms with Gasteiger partial charge in [0.1, 0.15) is 6.17 Å². The van der Waals surface area contributed by atoms with Crippen molar-refractivity contribution in [3.05, 3.63) is 42.7 Å². The van der Waals surface area contributed by atoms with Crippen LogP contribution in [0.3, 0.4) is 0 Å². The summed E-state index contributed by atoms with van der Waals surface area (Å²) in [6.45, 7) is 0.467. The van der Waals surface area contributed by atoms with Gasteiger partial charge in [-0.25, -0.2) is 22.2 Å². The van der Waals surface area contributed by atoms with Crippen molar-refractivity contribution in [3.8, 4) is 5.69 Å². The van der Waals surface area contributed by atoms with Crippen molar-refractivity contribution < 1.29 is 12.8 Å². The number of alkyl halides is 1. The lowest BCUT2D eigenvalue weighted by atomic mass is 10.2. The van der Waals surface area contributed by atoms with Crippen molar-refractivity contribution in [3.63, 3.8) is 0 Å². The summed E-state index contributed by atoms with van der Waals surface area (Å²) >= 11 is 0. The lowest BCUT2D eigenvalue weighted by Crippen LogP contribution is -2.37. The molecule has 9 heteroatoms. The zero-order chi connectivity index (χ0) is 15.6. The summed E-state index contributed by atoms with van der Waals surface area (Å²) in [5.41, 5.74) is 0.779. The van der Waals surface area contributed by atoms with Crippen LogP contribution < -0.4 is 10.0 Å². The van der Waals surface area contributed by atoms with E-state index in [1.165, 1.54) is 12.1 Å². The molecule has 0 amide bonds. The summed E-state index contributed by atoms with van der Waals surface area (Å²) in [6, 6.07) is 8.06. The number of nitrogens with one attached hydrogen (secondary N) is 2. The topological polar surface area (TPSA) is 76.0 Å². The number of rotatable bonds is 5. The van der Waals surface area contributed by atoms with Crippen molar-refractivity contribution in [1.82, 2.24) is 19.8 Å². The molecule has 6 nitrogen and oxygen atoms in total. The molecule has 126 valence electrons. The van der Waals surface area contributed by atoms with Crippen LogP contribution in [0.4, 0.5) is 4.39 Å². The number of aromatic nitrogens is 2. The molecule has 1 aliphatic rings. The summed E-state index contributed by atoms with van der Waals surface area (Å²) in [5, 5.41) is 7.03. The van der Waals surface area contributed by atoms with Gasteiger partial charge >= 0.3 is 0 Å². The summed E-state index contributed by atoms with van der Waals surface area (Å²) in [6.07, 6.45) is 2.86. The summed E-state index contributed by atoms with van der Waals surface area (Å²) in [5.74, 6) is 0. The van der Waals surface area contributed by atoms with Gasteiger partial charge in [0.2, 0.25) is 10.0 Å². The van der Waals surface area contributed by atoms with Gasteiger partial charge in [0.15, 0.2) is 0 Å². The monoisotopic (exact) mass is 360 g/mol. The van der Waals surface area contributed by atoms with Gasteiger partial charge in [-0.2, -0.15) is 5.10 Å². The molecule has 1 saturated heterocycles. The van der Waals surface area contributed by atoms with Crippen LogP contribution in [0.15, 0.2) is 47.6 Å². The van der Waals surface area contributed by atoms with E-state index >= 15 is 0 Å². The third-order valence-electron chi connectivity index (χ3n) is 3.60. The predicted molar refractivity (Wildman–Crippen MR) is 87.3 cm³/mol. The first kappa shape index (κ1) is 17.9. The van der Waals surface area contributed by atoms with Crippen molar-refractivity contribution in [1.29, 1.82) is 0 Å². The van der Waals surface area contributed by atoms with Gasteiger partial charge in [-0.15, -0.1) is 12.4 Å². The first-order chi connectivity index (χ1) is 10.5. The molecule has 2 aromatic rings. The second kappa shape index (κ2) is 7.39. The first-order valence-corrected chi connectivity index (χ1v) is 8.50. The smallest absolute Gasteiger partial charge is 0.240 e. The van der Waals surface area contributed by atoms with Gasteiger partial charge < -0.3 is 5.32 Å². The van der Waals surface area contributed by atoms with Crippen LogP contribution in [0.1, 0.15) is 6.42 Å². The molecule has 1 aromatic carbocycles. The Labute approximate surface area is 140 Å². The number of hydrogen-bond acceptors (Lipinski definition) is 4. The molecule has 1 aliphatic heterocycles. The van der Waals surface area contributed by atoms with Crippen LogP contribution in [-0.4, -0.2) is 43.5 Å². The van der Waals surface area contributed by atoms with Crippen molar-refractivity contribution >= 4 is 22.4 Å². The van der Waals surface area contributed by atoms with Gasteiger partial charge in [0, 0.05) is 31.5 Å². The normalized spacial score (nSPS) is 21.1.